The number of carboxylic acid groups (broad SMARTS) is 1. The van der Waals surface area contributed by atoms with E-state index in [1.54, 1.807) is 7.11 Å². The zero-order chi connectivity index (χ0) is 21.1. The van der Waals surface area contributed by atoms with Crippen LogP contribution in [0.4, 0.5) is 13.2 Å². The van der Waals surface area contributed by atoms with Gasteiger partial charge in [-0.3, -0.25) is 4.79 Å². The number of hydrogen-bond donors (Lipinski definition) is 1. The number of rotatable bonds is 3. The number of ether oxygens (including phenoxy) is 1. The summed E-state index contributed by atoms with van der Waals surface area (Å²) in [5, 5.41) is 11.1. The van der Waals surface area contributed by atoms with Gasteiger partial charge in [-0.1, -0.05) is 4.49 Å². The van der Waals surface area contributed by atoms with Crippen LogP contribution in [-0.4, -0.2) is 89.5 Å². The number of aliphatic carboxylic acids is 1. The first-order chi connectivity index (χ1) is 13.0. The monoisotopic (exact) mass is 424 g/mol. The van der Waals surface area contributed by atoms with E-state index in [1.807, 2.05) is 11.8 Å². The van der Waals surface area contributed by atoms with Crippen LogP contribution in [0.5, 0.6) is 0 Å². The molecule has 0 aromatic carbocycles. The minimum Gasteiger partial charge on any atom is -0.475 e. The number of alkyl halides is 3. The van der Waals surface area contributed by atoms with E-state index in [1.165, 1.54) is 11.5 Å². The Hall–Kier alpha value is -1.79. The van der Waals surface area contributed by atoms with Crippen molar-refractivity contribution >= 4 is 23.4 Å². The summed E-state index contributed by atoms with van der Waals surface area (Å²) in [6.45, 7) is 6.38. The molecule has 1 spiro atoms. The fourth-order valence-electron chi connectivity index (χ4n) is 3.84. The molecule has 1 amide bonds. The highest BCUT2D eigenvalue weighted by molar-refractivity contribution is 7.05. The molecule has 2 saturated heterocycles. The predicted molar refractivity (Wildman–Crippen MR) is 94.2 cm³/mol. The van der Waals surface area contributed by atoms with Crippen molar-refractivity contribution in [2.45, 2.75) is 19.5 Å². The van der Waals surface area contributed by atoms with E-state index in [9.17, 15) is 18.0 Å². The Morgan fingerprint density at radius 1 is 1.39 bits per heavy atom. The molecule has 28 heavy (non-hydrogen) atoms. The largest absolute Gasteiger partial charge is 0.490 e. The number of hydrogen-bond acceptors (Lipinski definition) is 7. The van der Waals surface area contributed by atoms with E-state index in [-0.39, 0.29) is 11.3 Å². The molecule has 158 valence electrons. The minimum absolute atomic E-state index is 0.0313. The molecular formula is C16H23F3N4O4S. The van der Waals surface area contributed by atoms with Crippen LogP contribution in [0.3, 0.4) is 0 Å². The summed E-state index contributed by atoms with van der Waals surface area (Å²) in [6.07, 6.45) is -4.03. The van der Waals surface area contributed by atoms with Crippen molar-refractivity contribution in [1.82, 2.24) is 19.4 Å². The van der Waals surface area contributed by atoms with E-state index in [0.717, 1.165) is 44.1 Å². The summed E-state index contributed by atoms with van der Waals surface area (Å²) in [6, 6.07) is 0. The van der Waals surface area contributed by atoms with Crippen molar-refractivity contribution < 1.29 is 32.6 Å². The smallest absolute Gasteiger partial charge is 0.475 e. The average Bonchev–Trinajstić information content (AvgIpc) is 3.28. The molecule has 2 aliphatic rings. The lowest BCUT2D eigenvalue weighted by Crippen LogP contribution is -2.38. The third-order valence-electron chi connectivity index (χ3n) is 5.12. The van der Waals surface area contributed by atoms with Crippen LogP contribution in [0.2, 0.25) is 0 Å². The Balaban J connectivity index is 0.000000345. The SMILES string of the molecule is COC[C@H]1CN(C)C[C@@]12CCN(C(=O)c1nnsc1C)C2.O=C(O)C(F)(F)F. The quantitative estimate of drug-likeness (QED) is 0.786. The van der Waals surface area contributed by atoms with E-state index in [4.69, 9.17) is 14.6 Å². The van der Waals surface area contributed by atoms with Gasteiger partial charge in [0, 0.05) is 44.6 Å². The molecule has 1 N–H and O–H groups in total. The summed E-state index contributed by atoms with van der Waals surface area (Å²) in [5.74, 6) is -2.23. The van der Waals surface area contributed by atoms with Crippen LogP contribution >= 0.6 is 11.5 Å². The molecule has 0 radical (unpaired) electrons. The van der Waals surface area contributed by atoms with E-state index >= 15 is 0 Å². The van der Waals surface area contributed by atoms with Gasteiger partial charge in [0.1, 0.15) is 0 Å². The van der Waals surface area contributed by atoms with E-state index < -0.39 is 12.1 Å². The van der Waals surface area contributed by atoms with E-state index in [2.05, 4.69) is 21.5 Å². The summed E-state index contributed by atoms with van der Waals surface area (Å²) >= 11 is 1.29. The first-order valence-corrected chi connectivity index (χ1v) is 9.33. The molecule has 2 fully saturated rings. The number of carboxylic acids is 1. The third kappa shape index (κ3) is 4.97. The molecule has 3 heterocycles. The molecule has 0 saturated carbocycles. The predicted octanol–water partition coefficient (Wildman–Crippen LogP) is 1.52. The lowest BCUT2D eigenvalue weighted by atomic mass is 9.77. The second kappa shape index (κ2) is 8.70. The molecule has 0 aliphatic carbocycles. The van der Waals surface area contributed by atoms with Gasteiger partial charge in [0.2, 0.25) is 0 Å². The van der Waals surface area contributed by atoms with Crippen molar-refractivity contribution in [2.75, 3.05) is 46.9 Å². The molecule has 0 unspecified atom stereocenters. The number of carbonyl (C=O) groups is 2. The Morgan fingerprint density at radius 3 is 2.54 bits per heavy atom. The Morgan fingerprint density at radius 2 is 2.04 bits per heavy atom. The molecule has 2 atom stereocenters. The Kier molecular flexibility index (Phi) is 6.99. The Bertz CT molecular complexity index is 714. The van der Waals surface area contributed by atoms with Gasteiger partial charge in [0.15, 0.2) is 5.69 Å². The molecule has 2 aliphatic heterocycles. The van der Waals surface area contributed by atoms with Gasteiger partial charge in [-0.05, 0) is 31.9 Å². The lowest BCUT2D eigenvalue weighted by Gasteiger charge is -2.29. The van der Waals surface area contributed by atoms with Crippen LogP contribution in [-0.2, 0) is 9.53 Å². The fraction of sp³-hybridized carbons (Fsp3) is 0.750. The summed E-state index contributed by atoms with van der Waals surface area (Å²) in [4.78, 5) is 26.7. The first kappa shape index (κ1) is 22.5. The second-order valence-electron chi connectivity index (χ2n) is 7.17. The molecule has 0 bridgehead atoms. The molecular weight excluding hydrogens is 401 g/mol. The lowest BCUT2D eigenvalue weighted by molar-refractivity contribution is -0.192. The summed E-state index contributed by atoms with van der Waals surface area (Å²) < 4.78 is 41.0. The van der Waals surface area contributed by atoms with Gasteiger partial charge in [-0.2, -0.15) is 13.2 Å². The van der Waals surface area contributed by atoms with Crippen molar-refractivity contribution in [3.8, 4) is 0 Å². The van der Waals surface area contributed by atoms with Crippen molar-refractivity contribution in [1.29, 1.82) is 0 Å². The maximum atomic E-state index is 12.6. The second-order valence-corrected chi connectivity index (χ2v) is 8.13. The Labute approximate surface area is 164 Å². The number of aromatic nitrogens is 2. The van der Waals surface area contributed by atoms with Crippen LogP contribution in [0.1, 0.15) is 21.8 Å². The van der Waals surface area contributed by atoms with Gasteiger partial charge in [0.05, 0.1) is 11.5 Å². The topological polar surface area (TPSA) is 95.9 Å². The highest BCUT2D eigenvalue weighted by Crippen LogP contribution is 2.43. The van der Waals surface area contributed by atoms with Crippen molar-refractivity contribution in [3.05, 3.63) is 10.6 Å². The zero-order valence-electron chi connectivity index (χ0n) is 15.8. The molecule has 3 rings (SSSR count). The standard InChI is InChI=1S/C14H22N4O2S.C2HF3O2/c1-10-12(15-16-21-10)13(19)18-5-4-14(9-18)8-17(2)6-11(14)7-20-3;3-2(4,5)1(6)7/h11H,4-9H2,1-3H3;(H,6,7)/t11-,14-;/m1./s1. The average molecular weight is 424 g/mol. The number of carbonyl (C=O) groups excluding carboxylic acids is 1. The van der Waals surface area contributed by atoms with Crippen molar-refractivity contribution in [2.24, 2.45) is 11.3 Å². The minimum atomic E-state index is -5.08. The van der Waals surface area contributed by atoms with E-state index in [0.29, 0.717) is 11.6 Å². The molecule has 12 heteroatoms. The van der Waals surface area contributed by atoms with Crippen LogP contribution < -0.4 is 0 Å². The van der Waals surface area contributed by atoms with Crippen molar-refractivity contribution in [3.63, 3.8) is 0 Å². The van der Waals surface area contributed by atoms with Gasteiger partial charge in [-0.25, -0.2) is 4.79 Å². The molecule has 1 aromatic heterocycles. The highest BCUT2D eigenvalue weighted by Gasteiger charge is 2.50. The normalized spacial score (nSPS) is 25.1. The summed E-state index contributed by atoms with van der Waals surface area (Å²) in [7, 11) is 3.91. The first-order valence-electron chi connectivity index (χ1n) is 8.56. The number of nitrogens with zero attached hydrogens (tertiary/aromatic N) is 4. The number of halogens is 3. The number of likely N-dealkylation sites (tertiary alicyclic amines) is 2. The maximum Gasteiger partial charge on any atom is 0.490 e. The number of amides is 1. The summed E-state index contributed by atoms with van der Waals surface area (Å²) in [5.41, 5.74) is 0.698. The van der Waals surface area contributed by atoms with Gasteiger partial charge in [0.25, 0.3) is 5.91 Å². The number of aryl methyl sites for hydroxylation is 1. The third-order valence-corrected chi connectivity index (χ3v) is 5.75. The highest BCUT2D eigenvalue weighted by atomic mass is 32.1. The van der Waals surface area contributed by atoms with Gasteiger partial charge >= 0.3 is 12.1 Å². The van der Waals surface area contributed by atoms with Crippen LogP contribution in [0.25, 0.3) is 0 Å². The van der Waals surface area contributed by atoms with Gasteiger partial charge in [-0.15, -0.1) is 5.10 Å². The van der Waals surface area contributed by atoms with Crippen LogP contribution in [0.15, 0.2) is 0 Å². The van der Waals surface area contributed by atoms with Crippen LogP contribution in [0, 0.1) is 18.3 Å². The molecule has 1 aromatic rings. The fourth-order valence-corrected chi connectivity index (χ4v) is 4.30. The maximum absolute atomic E-state index is 12.6. The number of methoxy groups -OCH3 is 1. The zero-order valence-corrected chi connectivity index (χ0v) is 16.6. The molecule has 8 nitrogen and oxygen atoms in total. The van der Waals surface area contributed by atoms with Gasteiger partial charge < -0.3 is 19.6 Å².